The summed E-state index contributed by atoms with van der Waals surface area (Å²) in [5, 5.41) is 4.65. The number of hydrogen-bond donors (Lipinski definition) is 0. The highest BCUT2D eigenvalue weighted by Gasteiger charge is 2.27. The number of halogens is 1. The van der Waals surface area contributed by atoms with Crippen molar-refractivity contribution in [1.29, 1.82) is 0 Å². The van der Waals surface area contributed by atoms with Gasteiger partial charge in [0.1, 0.15) is 18.1 Å². The summed E-state index contributed by atoms with van der Waals surface area (Å²) in [4.78, 5) is 17.2. The number of nitrogens with zero attached hydrogens (tertiary/aromatic N) is 1. The van der Waals surface area contributed by atoms with Crippen LogP contribution in [-0.2, 0) is 16.2 Å². The molecule has 3 aromatic carbocycles. The second-order valence-electron chi connectivity index (χ2n) is 6.70. The summed E-state index contributed by atoms with van der Waals surface area (Å²) in [6.45, 7) is 2.40. The van der Waals surface area contributed by atoms with Gasteiger partial charge < -0.3 is 9.57 Å². The van der Waals surface area contributed by atoms with Gasteiger partial charge in [-0.25, -0.2) is 4.79 Å². The van der Waals surface area contributed by atoms with Gasteiger partial charge in [-0.2, -0.15) is 0 Å². The fourth-order valence-corrected chi connectivity index (χ4v) is 3.08. The standard InChI is InChI=1S/C24H18ClNO3/c1-16-6-10-18(11-7-16)23-21(24(27)29-26-23)14-19-4-2-3-5-22(19)28-15-17-8-12-20(25)13-9-17/h2-14H,15H2,1H3/b21-14+. The lowest BCUT2D eigenvalue weighted by Gasteiger charge is -2.10. The van der Waals surface area contributed by atoms with Crippen LogP contribution in [0.2, 0.25) is 5.02 Å². The fourth-order valence-electron chi connectivity index (χ4n) is 2.96. The number of ether oxygens (including phenoxy) is 1. The number of carbonyl (C=O) groups is 1. The zero-order valence-corrected chi connectivity index (χ0v) is 16.5. The minimum atomic E-state index is -0.479. The van der Waals surface area contributed by atoms with E-state index in [1.54, 1.807) is 6.08 Å². The third kappa shape index (κ3) is 4.39. The van der Waals surface area contributed by atoms with E-state index in [1.807, 2.05) is 79.7 Å². The second-order valence-corrected chi connectivity index (χ2v) is 7.13. The van der Waals surface area contributed by atoms with Crippen molar-refractivity contribution in [3.05, 3.63) is 106 Å². The highest BCUT2D eigenvalue weighted by atomic mass is 35.5. The molecule has 0 unspecified atom stereocenters. The van der Waals surface area contributed by atoms with E-state index in [2.05, 4.69) is 5.16 Å². The highest BCUT2D eigenvalue weighted by molar-refractivity contribution is 6.31. The normalized spacial score (nSPS) is 14.6. The van der Waals surface area contributed by atoms with Crippen LogP contribution in [0.3, 0.4) is 0 Å². The first-order valence-electron chi connectivity index (χ1n) is 9.15. The molecule has 144 valence electrons. The Hall–Kier alpha value is -3.37. The Bertz CT molecular complexity index is 1100. The molecule has 1 aliphatic heterocycles. The fraction of sp³-hybridized carbons (Fsp3) is 0.0833. The number of carbonyl (C=O) groups excluding carboxylic acids is 1. The first-order valence-corrected chi connectivity index (χ1v) is 9.53. The smallest absolute Gasteiger partial charge is 0.368 e. The molecule has 29 heavy (non-hydrogen) atoms. The molecule has 0 saturated heterocycles. The van der Waals surface area contributed by atoms with Crippen molar-refractivity contribution < 1.29 is 14.4 Å². The van der Waals surface area contributed by atoms with Crippen LogP contribution >= 0.6 is 11.6 Å². The van der Waals surface area contributed by atoms with E-state index in [1.165, 1.54) is 0 Å². The van der Waals surface area contributed by atoms with E-state index < -0.39 is 5.97 Å². The summed E-state index contributed by atoms with van der Waals surface area (Å²) in [7, 11) is 0. The van der Waals surface area contributed by atoms with E-state index >= 15 is 0 Å². The van der Waals surface area contributed by atoms with Crippen LogP contribution in [0.1, 0.15) is 22.3 Å². The average molecular weight is 404 g/mol. The SMILES string of the molecule is Cc1ccc(C2=NOC(=O)/C2=C/c2ccccc2OCc2ccc(Cl)cc2)cc1. The largest absolute Gasteiger partial charge is 0.488 e. The molecule has 0 bridgehead atoms. The van der Waals surface area contributed by atoms with Crippen molar-refractivity contribution in [1.82, 2.24) is 0 Å². The van der Waals surface area contributed by atoms with Gasteiger partial charge in [-0.05, 0) is 36.8 Å². The molecule has 4 rings (SSSR count). The number of benzene rings is 3. The van der Waals surface area contributed by atoms with Gasteiger partial charge in [0.15, 0.2) is 0 Å². The quantitative estimate of drug-likeness (QED) is 0.413. The van der Waals surface area contributed by atoms with Crippen molar-refractivity contribution in [2.75, 3.05) is 0 Å². The Morgan fingerprint density at radius 1 is 1.00 bits per heavy atom. The van der Waals surface area contributed by atoms with E-state index in [0.29, 0.717) is 28.7 Å². The molecule has 0 spiro atoms. The third-order valence-electron chi connectivity index (χ3n) is 4.55. The highest BCUT2D eigenvalue weighted by Crippen LogP contribution is 2.26. The average Bonchev–Trinajstić information content (AvgIpc) is 3.09. The molecule has 0 aliphatic carbocycles. The molecule has 0 amide bonds. The maximum absolute atomic E-state index is 12.3. The molecule has 3 aromatic rings. The number of aryl methyl sites for hydroxylation is 1. The molecule has 1 heterocycles. The first kappa shape index (κ1) is 19.0. The second kappa shape index (κ2) is 8.33. The van der Waals surface area contributed by atoms with Gasteiger partial charge in [0, 0.05) is 16.1 Å². The zero-order valence-electron chi connectivity index (χ0n) is 15.8. The summed E-state index contributed by atoms with van der Waals surface area (Å²) < 4.78 is 5.99. The first-order chi connectivity index (χ1) is 14.1. The molecular formula is C24H18ClNO3. The summed E-state index contributed by atoms with van der Waals surface area (Å²) in [5.74, 6) is 0.186. The number of rotatable bonds is 5. The Morgan fingerprint density at radius 3 is 2.48 bits per heavy atom. The molecule has 4 nitrogen and oxygen atoms in total. The van der Waals surface area contributed by atoms with Crippen molar-refractivity contribution in [2.24, 2.45) is 5.16 Å². The number of oxime groups is 1. The Labute approximate surface area is 174 Å². The molecule has 0 N–H and O–H groups in total. The zero-order chi connectivity index (χ0) is 20.2. The van der Waals surface area contributed by atoms with Crippen LogP contribution in [0.15, 0.2) is 83.5 Å². The summed E-state index contributed by atoms with van der Waals surface area (Å²) in [6.07, 6.45) is 1.76. The number of hydrogen-bond acceptors (Lipinski definition) is 4. The Morgan fingerprint density at radius 2 is 1.72 bits per heavy atom. The van der Waals surface area contributed by atoms with E-state index in [9.17, 15) is 4.79 Å². The maximum atomic E-state index is 12.3. The Balaban J connectivity index is 1.61. The predicted molar refractivity (Wildman–Crippen MR) is 114 cm³/mol. The van der Waals surface area contributed by atoms with E-state index in [0.717, 1.165) is 22.3 Å². The van der Waals surface area contributed by atoms with Gasteiger partial charge in [0.05, 0.1) is 5.57 Å². The molecule has 0 saturated carbocycles. The summed E-state index contributed by atoms with van der Waals surface area (Å²) in [6, 6.07) is 22.8. The molecule has 1 aliphatic rings. The predicted octanol–water partition coefficient (Wildman–Crippen LogP) is 5.57. The topological polar surface area (TPSA) is 47.9 Å². The van der Waals surface area contributed by atoms with Gasteiger partial charge in [0.2, 0.25) is 0 Å². The van der Waals surface area contributed by atoms with Crippen molar-refractivity contribution >= 4 is 29.4 Å². The molecule has 0 atom stereocenters. The Kier molecular flexibility index (Phi) is 5.45. The van der Waals surface area contributed by atoms with E-state index in [-0.39, 0.29) is 0 Å². The van der Waals surface area contributed by atoms with Crippen molar-refractivity contribution in [3.8, 4) is 5.75 Å². The van der Waals surface area contributed by atoms with Crippen LogP contribution in [0.25, 0.3) is 6.08 Å². The summed E-state index contributed by atoms with van der Waals surface area (Å²) >= 11 is 5.93. The van der Waals surface area contributed by atoms with Crippen LogP contribution in [0, 0.1) is 6.92 Å². The van der Waals surface area contributed by atoms with E-state index in [4.69, 9.17) is 21.2 Å². The third-order valence-corrected chi connectivity index (χ3v) is 4.80. The summed E-state index contributed by atoms with van der Waals surface area (Å²) in [5.41, 5.74) is 4.64. The lowest BCUT2D eigenvalue weighted by molar-refractivity contribution is -0.136. The van der Waals surface area contributed by atoms with Gasteiger partial charge in [-0.1, -0.05) is 76.9 Å². The van der Waals surface area contributed by atoms with Crippen LogP contribution in [0.4, 0.5) is 0 Å². The van der Waals surface area contributed by atoms with Crippen molar-refractivity contribution in [2.45, 2.75) is 13.5 Å². The monoisotopic (exact) mass is 403 g/mol. The van der Waals surface area contributed by atoms with Gasteiger partial charge >= 0.3 is 5.97 Å². The maximum Gasteiger partial charge on any atom is 0.368 e. The van der Waals surface area contributed by atoms with Gasteiger partial charge in [0.25, 0.3) is 0 Å². The van der Waals surface area contributed by atoms with Crippen LogP contribution in [0.5, 0.6) is 5.75 Å². The molecule has 5 heteroatoms. The van der Waals surface area contributed by atoms with Gasteiger partial charge in [-0.3, -0.25) is 0 Å². The molecular weight excluding hydrogens is 386 g/mol. The lowest BCUT2D eigenvalue weighted by atomic mass is 9.99. The minimum absolute atomic E-state index is 0.390. The molecule has 0 fully saturated rings. The van der Waals surface area contributed by atoms with Crippen LogP contribution < -0.4 is 4.74 Å². The number of para-hydroxylation sites is 1. The van der Waals surface area contributed by atoms with Crippen LogP contribution in [-0.4, -0.2) is 11.7 Å². The molecule has 0 radical (unpaired) electrons. The van der Waals surface area contributed by atoms with Crippen molar-refractivity contribution in [3.63, 3.8) is 0 Å². The minimum Gasteiger partial charge on any atom is -0.488 e. The van der Waals surface area contributed by atoms with Gasteiger partial charge in [-0.15, -0.1) is 0 Å². The molecule has 0 aromatic heterocycles. The lowest BCUT2D eigenvalue weighted by Crippen LogP contribution is -2.07.